The Morgan fingerprint density at radius 2 is 2.03 bits per heavy atom. The number of guanidine groups is 1. The van der Waals surface area contributed by atoms with E-state index >= 15 is 0 Å². The van der Waals surface area contributed by atoms with Crippen molar-refractivity contribution in [3.63, 3.8) is 0 Å². The fourth-order valence-electron chi connectivity index (χ4n) is 2.81. The predicted molar refractivity (Wildman–Crippen MR) is 122 cm³/mol. The fraction of sp³-hybridized carbons (Fsp3) is 0.571. The zero-order valence-corrected chi connectivity index (χ0v) is 19.4. The maximum Gasteiger partial charge on any atom is 0.416 e. The Balaban J connectivity index is 0.00000450. The van der Waals surface area contributed by atoms with Crippen LogP contribution >= 0.6 is 24.0 Å². The zero-order valence-electron chi connectivity index (χ0n) is 17.1. The molecule has 0 unspecified atom stereocenters. The molecular weight excluding hydrogens is 510 g/mol. The molecule has 0 amide bonds. The Morgan fingerprint density at radius 1 is 1.27 bits per heavy atom. The number of aliphatic imine (C=N–C) groups is 1. The minimum Gasteiger partial charge on any atom is -0.381 e. The van der Waals surface area contributed by atoms with Crippen molar-refractivity contribution in [2.75, 3.05) is 46.6 Å². The molecule has 1 aromatic carbocycles. The van der Waals surface area contributed by atoms with Crippen LogP contribution in [0.2, 0.25) is 0 Å². The van der Waals surface area contributed by atoms with Crippen LogP contribution in [0.5, 0.6) is 0 Å². The number of halogens is 4. The summed E-state index contributed by atoms with van der Waals surface area (Å²) in [6.45, 7) is 4.09. The second-order valence-corrected chi connectivity index (χ2v) is 6.72. The van der Waals surface area contributed by atoms with E-state index in [9.17, 15) is 13.2 Å². The van der Waals surface area contributed by atoms with Gasteiger partial charge in [-0.3, -0.25) is 4.99 Å². The molecule has 0 radical (unpaired) electrons. The Bertz CT molecular complexity index is 711. The molecule has 9 heteroatoms. The molecule has 5 nitrogen and oxygen atoms in total. The lowest BCUT2D eigenvalue weighted by atomic mass is 10.0. The van der Waals surface area contributed by atoms with E-state index in [2.05, 4.69) is 27.5 Å². The van der Waals surface area contributed by atoms with E-state index in [0.29, 0.717) is 30.6 Å². The van der Waals surface area contributed by atoms with Gasteiger partial charge in [-0.2, -0.15) is 13.2 Å². The van der Waals surface area contributed by atoms with Crippen LogP contribution in [0.1, 0.15) is 30.4 Å². The van der Waals surface area contributed by atoms with Gasteiger partial charge >= 0.3 is 6.18 Å². The van der Waals surface area contributed by atoms with Gasteiger partial charge in [0, 0.05) is 45.6 Å². The highest BCUT2D eigenvalue weighted by atomic mass is 127. The molecule has 2 N–H and O–H groups in total. The molecule has 1 fully saturated rings. The van der Waals surface area contributed by atoms with Crippen molar-refractivity contribution >= 4 is 29.9 Å². The van der Waals surface area contributed by atoms with Gasteiger partial charge in [-0.25, -0.2) is 0 Å². The number of benzene rings is 1. The van der Waals surface area contributed by atoms with Gasteiger partial charge in [0.1, 0.15) is 0 Å². The molecule has 1 saturated heterocycles. The van der Waals surface area contributed by atoms with Gasteiger partial charge in [-0.15, -0.1) is 24.0 Å². The van der Waals surface area contributed by atoms with E-state index in [0.717, 1.165) is 51.2 Å². The van der Waals surface area contributed by atoms with Crippen molar-refractivity contribution in [1.82, 2.24) is 10.6 Å². The molecule has 1 aliphatic heterocycles. The van der Waals surface area contributed by atoms with Crippen molar-refractivity contribution in [3.8, 4) is 11.8 Å². The maximum atomic E-state index is 12.7. The molecule has 0 saturated carbocycles. The highest BCUT2D eigenvalue weighted by Gasteiger charge is 2.30. The first-order chi connectivity index (χ1) is 14.0. The summed E-state index contributed by atoms with van der Waals surface area (Å²) in [4.78, 5) is 4.09. The third kappa shape index (κ3) is 10.5. The number of rotatable bonds is 7. The maximum absolute atomic E-state index is 12.7. The summed E-state index contributed by atoms with van der Waals surface area (Å²) in [5.74, 6) is 6.72. The van der Waals surface area contributed by atoms with E-state index < -0.39 is 11.7 Å². The van der Waals surface area contributed by atoms with Gasteiger partial charge in [0.2, 0.25) is 0 Å². The molecule has 0 aliphatic carbocycles. The van der Waals surface area contributed by atoms with Gasteiger partial charge in [0.25, 0.3) is 0 Å². The van der Waals surface area contributed by atoms with Gasteiger partial charge < -0.3 is 20.1 Å². The average Bonchev–Trinajstić information content (AvgIpc) is 2.72. The van der Waals surface area contributed by atoms with Crippen LogP contribution in [-0.2, 0) is 15.7 Å². The van der Waals surface area contributed by atoms with Crippen LogP contribution in [0, 0.1) is 17.8 Å². The highest BCUT2D eigenvalue weighted by Crippen LogP contribution is 2.29. The molecule has 0 aromatic heterocycles. The topological polar surface area (TPSA) is 54.9 Å². The van der Waals surface area contributed by atoms with Gasteiger partial charge in [0.15, 0.2) is 5.96 Å². The molecule has 1 aromatic rings. The first-order valence-corrected chi connectivity index (χ1v) is 9.75. The number of hydrogen-bond donors (Lipinski definition) is 2. The zero-order chi connectivity index (χ0) is 21.0. The minimum atomic E-state index is -4.36. The monoisotopic (exact) mass is 539 g/mol. The molecule has 30 heavy (non-hydrogen) atoms. The van der Waals surface area contributed by atoms with Crippen LogP contribution in [0.4, 0.5) is 13.2 Å². The Morgan fingerprint density at radius 3 is 2.73 bits per heavy atom. The van der Waals surface area contributed by atoms with Gasteiger partial charge in [-0.05, 0) is 43.4 Å². The van der Waals surface area contributed by atoms with Crippen molar-refractivity contribution in [2.24, 2.45) is 10.9 Å². The number of nitrogens with zero attached hydrogens (tertiary/aromatic N) is 1. The lowest BCUT2D eigenvalue weighted by Gasteiger charge is -2.21. The first-order valence-electron chi connectivity index (χ1n) is 9.75. The summed E-state index contributed by atoms with van der Waals surface area (Å²) in [7, 11) is 1.65. The third-order valence-electron chi connectivity index (χ3n) is 4.44. The van der Waals surface area contributed by atoms with Gasteiger partial charge in [-0.1, -0.05) is 17.9 Å². The van der Waals surface area contributed by atoms with Crippen molar-refractivity contribution < 1.29 is 22.6 Å². The fourth-order valence-corrected chi connectivity index (χ4v) is 2.81. The van der Waals surface area contributed by atoms with E-state index in [4.69, 9.17) is 9.47 Å². The van der Waals surface area contributed by atoms with Crippen molar-refractivity contribution in [1.29, 1.82) is 0 Å². The normalized spacial score (nSPS) is 15.0. The van der Waals surface area contributed by atoms with Gasteiger partial charge in [0.05, 0.1) is 12.1 Å². The summed E-state index contributed by atoms with van der Waals surface area (Å²) in [6, 6.07) is 4.98. The second kappa shape index (κ2) is 14.5. The highest BCUT2D eigenvalue weighted by molar-refractivity contribution is 14.0. The van der Waals surface area contributed by atoms with Crippen LogP contribution < -0.4 is 10.6 Å². The van der Waals surface area contributed by atoms with E-state index in [1.165, 1.54) is 6.07 Å². The van der Waals surface area contributed by atoms with E-state index in [-0.39, 0.29) is 30.5 Å². The Hall–Kier alpha value is -1.51. The van der Waals surface area contributed by atoms with E-state index in [1.807, 2.05) is 0 Å². The molecule has 1 heterocycles. The number of alkyl halides is 3. The molecule has 0 bridgehead atoms. The van der Waals surface area contributed by atoms with E-state index in [1.54, 1.807) is 13.1 Å². The van der Waals surface area contributed by atoms with Crippen LogP contribution in [-0.4, -0.2) is 52.5 Å². The summed E-state index contributed by atoms with van der Waals surface area (Å²) in [5.41, 5.74) is -0.375. The van der Waals surface area contributed by atoms with Crippen LogP contribution in [0.25, 0.3) is 0 Å². The SMILES string of the molecule is CN=C(NCC#Cc1cccc(C(F)(F)F)c1)NCCCOCC1CCOCC1.I. The average molecular weight is 539 g/mol. The smallest absolute Gasteiger partial charge is 0.381 e. The third-order valence-corrected chi connectivity index (χ3v) is 4.44. The van der Waals surface area contributed by atoms with Crippen LogP contribution in [0.15, 0.2) is 29.3 Å². The largest absolute Gasteiger partial charge is 0.416 e. The summed E-state index contributed by atoms with van der Waals surface area (Å²) in [6.07, 6.45) is -1.39. The molecule has 1 aliphatic rings. The van der Waals surface area contributed by atoms with Crippen molar-refractivity contribution in [3.05, 3.63) is 35.4 Å². The lowest BCUT2D eigenvalue weighted by molar-refractivity contribution is -0.137. The predicted octanol–water partition coefficient (Wildman–Crippen LogP) is 3.67. The molecule has 0 spiro atoms. The number of nitrogens with one attached hydrogen (secondary N) is 2. The Labute approximate surface area is 193 Å². The molecule has 168 valence electrons. The lowest BCUT2D eigenvalue weighted by Crippen LogP contribution is -2.38. The number of ether oxygens (including phenoxy) is 2. The molecular formula is C21H29F3IN3O2. The quantitative estimate of drug-likeness (QED) is 0.183. The summed E-state index contributed by atoms with van der Waals surface area (Å²) < 4.78 is 49.1. The minimum absolute atomic E-state index is 0. The standard InChI is InChI=1S/C21H28F3N3O2.HI/c1-25-20(27-11-4-12-29-16-18-8-13-28-14-9-18)26-10-3-6-17-5-2-7-19(15-17)21(22,23)24;/h2,5,7,15,18H,4,8-14,16H2,1H3,(H2,25,26,27);1H. The molecule has 2 rings (SSSR count). The molecule has 0 atom stereocenters. The number of hydrogen-bond acceptors (Lipinski definition) is 3. The Kier molecular flexibility index (Phi) is 12.8. The second-order valence-electron chi connectivity index (χ2n) is 6.72. The van der Waals surface area contributed by atoms with Crippen LogP contribution in [0.3, 0.4) is 0 Å². The first kappa shape index (κ1) is 26.5. The summed E-state index contributed by atoms with van der Waals surface area (Å²) >= 11 is 0. The summed E-state index contributed by atoms with van der Waals surface area (Å²) in [5, 5.41) is 6.17. The van der Waals surface area contributed by atoms with Crippen molar-refractivity contribution in [2.45, 2.75) is 25.4 Å².